The maximum Gasteiger partial charge on any atom is 0.267 e. The lowest BCUT2D eigenvalue weighted by molar-refractivity contribution is -0.121. The number of hydrogen-bond acceptors (Lipinski definition) is 4. The fourth-order valence-electron chi connectivity index (χ4n) is 2.64. The fraction of sp³-hybridized carbons (Fsp3) is 0.158. The molecule has 0 saturated carbocycles. The highest BCUT2D eigenvalue weighted by atomic mass is 35.5. The molecule has 0 unspecified atom stereocenters. The van der Waals surface area contributed by atoms with Gasteiger partial charge in [-0.15, -0.1) is 0 Å². The van der Waals surface area contributed by atoms with Gasteiger partial charge in [0, 0.05) is 5.69 Å². The van der Waals surface area contributed by atoms with Gasteiger partial charge in [0.1, 0.15) is 4.32 Å². The third-order valence-corrected chi connectivity index (χ3v) is 6.13. The van der Waals surface area contributed by atoms with Gasteiger partial charge in [0.15, 0.2) is 0 Å². The molecule has 2 aromatic carbocycles. The number of amides is 1. The van der Waals surface area contributed by atoms with Crippen LogP contribution in [0.4, 0.5) is 5.69 Å². The number of carbonyl (C=O) groups is 1. The Bertz CT molecular complexity index is 908. The molecule has 1 aliphatic heterocycles. The van der Waals surface area contributed by atoms with Crippen molar-refractivity contribution in [3.05, 3.63) is 68.0 Å². The molecule has 26 heavy (non-hydrogen) atoms. The first kappa shape index (κ1) is 19.2. The number of nitrogens with one attached hydrogen (secondary N) is 1. The third-order valence-electron chi connectivity index (χ3n) is 4.01. The molecule has 2 aromatic rings. The minimum absolute atomic E-state index is 0.121. The average molecular weight is 423 g/mol. The molecule has 1 heterocycles. The summed E-state index contributed by atoms with van der Waals surface area (Å²) in [5.41, 5.74) is 4.08. The molecule has 0 bridgehead atoms. The first-order valence-electron chi connectivity index (χ1n) is 7.87. The molecule has 1 N–H and O–H groups in total. The molecule has 134 valence electrons. The smallest absolute Gasteiger partial charge is 0.267 e. The van der Waals surface area contributed by atoms with Crippen LogP contribution in [0.3, 0.4) is 0 Å². The molecular weight excluding hydrogens is 407 g/mol. The Morgan fingerprint density at radius 2 is 1.85 bits per heavy atom. The van der Waals surface area contributed by atoms with Gasteiger partial charge in [-0.1, -0.05) is 71.4 Å². The highest BCUT2D eigenvalue weighted by Crippen LogP contribution is 2.33. The number of thioether (sulfide) groups is 1. The molecule has 1 aliphatic rings. The Kier molecular flexibility index (Phi) is 5.92. The zero-order chi connectivity index (χ0) is 18.8. The third kappa shape index (κ3) is 4.07. The van der Waals surface area contributed by atoms with Gasteiger partial charge >= 0.3 is 0 Å². The van der Waals surface area contributed by atoms with Crippen LogP contribution >= 0.6 is 47.2 Å². The summed E-state index contributed by atoms with van der Waals surface area (Å²) in [4.78, 5) is 14.8. The van der Waals surface area contributed by atoms with Crippen LogP contribution in [0.5, 0.6) is 0 Å². The molecule has 1 fully saturated rings. The minimum Gasteiger partial charge on any atom is -0.367 e. The first-order valence-corrected chi connectivity index (χ1v) is 9.85. The Labute approximate surface area is 172 Å². The van der Waals surface area contributed by atoms with Crippen molar-refractivity contribution in [3.8, 4) is 0 Å². The number of aryl methyl sites for hydroxylation is 2. The molecule has 7 heteroatoms. The molecule has 0 aromatic heterocycles. The van der Waals surface area contributed by atoms with Crippen LogP contribution in [0.25, 0.3) is 6.08 Å². The van der Waals surface area contributed by atoms with E-state index in [1.54, 1.807) is 23.1 Å². The second-order valence-electron chi connectivity index (χ2n) is 5.88. The predicted octanol–water partition coefficient (Wildman–Crippen LogP) is 5.88. The maximum absolute atomic E-state index is 12.7. The predicted molar refractivity (Wildman–Crippen MR) is 116 cm³/mol. The zero-order valence-electron chi connectivity index (χ0n) is 14.2. The number of thiocarbonyl (C=S) groups is 1. The molecule has 0 aliphatic carbocycles. The standard InChI is InChI=1S/C19H16Cl2N2OS2/c1-11-4-3-5-12(2)17(11)22-10-23-18(24)16(26-19(23)25)9-13-6-7-14(20)15(21)8-13/h3-9,22H,10H2,1-2H3/b16-9+. The summed E-state index contributed by atoms with van der Waals surface area (Å²) in [6.45, 7) is 4.39. The van der Waals surface area contributed by atoms with Crippen LogP contribution in [-0.2, 0) is 4.79 Å². The highest BCUT2D eigenvalue weighted by molar-refractivity contribution is 8.26. The summed E-state index contributed by atoms with van der Waals surface area (Å²) in [6.07, 6.45) is 1.78. The summed E-state index contributed by atoms with van der Waals surface area (Å²) in [5.74, 6) is -0.121. The van der Waals surface area contributed by atoms with Crippen molar-refractivity contribution in [1.82, 2.24) is 4.90 Å². The normalized spacial score (nSPS) is 15.8. The van der Waals surface area contributed by atoms with Gasteiger partial charge in [-0.05, 0) is 48.7 Å². The topological polar surface area (TPSA) is 32.3 Å². The summed E-state index contributed by atoms with van der Waals surface area (Å²) in [7, 11) is 0. The SMILES string of the molecule is Cc1cccc(C)c1NCN1C(=O)/C(=C\c2ccc(Cl)c(Cl)c2)SC1=S. The monoisotopic (exact) mass is 422 g/mol. The van der Waals surface area contributed by atoms with Crippen LogP contribution in [-0.4, -0.2) is 21.8 Å². The van der Waals surface area contributed by atoms with E-state index in [0.29, 0.717) is 25.9 Å². The minimum atomic E-state index is -0.121. The van der Waals surface area contributed by atoms with E-state index in [1.807, 2.05) is 38.1 Å². The van der Waals surface area contributed by atoms with Crippen molar-refractivity contribution in [3.63, 3.8) is 0 Å². The van der Waals surface area contributed by atoms with Crippen molar-refractivity contribution < 1.29 is 4.79 Å². The quantitative estimate of drug-likeness (QED) is 0.492. The van der Waals surface area contributed by atoms with Crippen LogP contribution in [0.1, 0.15) is 16.7 Å². The number of anilines is 1. The molecule has 1 saturated heterocycles. The van der Waals surface area contributed by atoms with E-state index in [1.165, 1.54) is 11.8 Å². The summed E-state index contributed by atoms with van der Waals surface area (Å²) in [5, 5.41) is 4.26. The number of hydrogen-bond donors (Lipinski definition) is 1. The molecule has 0 spiro atoms. The van der Waals surface area contributed by atoms with Gasteiger partial charge in [-0.3, -0.25) is 9.69 Å². The lowest BCUT2D eigenvalue weighted by Gasteiger charge is -2.18. The van der Waals surface area contributed by atoms with Gasteiger partial charge < -0.3 is 5.32 Å². The number of benzene rings is 2. The Morgan fingerprint density at radius 1 is 1.15 bits per heavy atom. The number of halogens is 2. The van der Waals surface area contributed by atoms with Gasteiger partial charge in [0.05, 0.1) is 21.6 Å². The van der Waals surface area contributed by atoms with Gasteiger partial charge in [0.2, 0.25) is 0 Å². The average Bonchev–Trinajstić information content (AvgIpc) is 2.85. The first-order chi connectivity index (χ1) is 12.4. The Hall–Kier alpha value is -1.53. The lowest BCUT2D eigenvalue weighted by atomic mass is 10.1. The Balaban J connectivity index is 1.76. The zero-order valence-corrected chi connectivity index (χ0v) is 17.3. The second kappa shape index (κ2) is 8.01. The molecule has 3 nitrogen and oxygen atoms in total. The van der Waals surface area contributed by atoms with Crippen LogP contribution < -0.4 is 5.32 Å². The largest absolute Gasteiger partial charge is 0.367 e. The van der Waals surface area contributed by atoms with E-state index < -0.39 is 0 Å². The number of para-hydroxylation sites is 1. The van der Waals surface area contributed by atoms with Gasteiger partial charge in [-0.25, -0.2) is 0 Å². The second-order valence-corrected chi connectivity index (χ2v) is 8.38. The number of rotatable bonds is 4. The van der Waals surface area contributed by atoms with E-state index in [4.69, 9.17) is 35.4 Å². The molecule has 0 atom stereocenters. The van der Waals surface area contributed by atoms with Gasteiger partial charge in [-0.2, -0.15) is 0 Å². The molecule has 0 radical (unpaired) electrons. The molecule has 1 amide bonds. The van der Waals surface area contributed by atoms with E-state index >= 15 is 0 Å². The van der Waals surface area contributed by atoms with E-state index in [9.17, 15) is 4.79 Å². The van der Waals surface area contributed by atoms with E-state index in [2.05, 4.69) is 5.32 Å². The van der Waals surface area contributed by atoms with Crippen molar-refractivity contribution >= 4 is 69.2 Å². The van der Waals surface area contributed by atoms with Gasteiger partial charge in [0.25, 0.3) is 5.91 Å². The Morgan fingerprint density at radius 3 is 2.50 bits per heavy atom. The fourth-order valence-corrected chi connectivity index (χ4v) is 4.20. The number of nitrogens with zero attached hydrogens (tertiary/aromatic N) is 1. The van der Waals surface area contributed by atoms with E-state index in [-0.39, 0.29) is 5.91 Å². The van der Waals surface area contributed by atoms with Crippen LogP contribution in [0, 0.1) is 13.8 Å². The van der Waals surface area contributed by atoms with Crippen LogP contribution in [0.15, 0.2) is 41.3 Å². The van der Waals surface area contributed by atoms with Crippen molar-refractivity contribution in [1.29, 1.82) is 0 Å². The number of carbonyl (C=O) groups excluding carboxylic acids is 1. The molecule has 3 rings (SSSR count). The summed E-state index contributed by atoms with van der Waals surface area (Å²) < 4.78 is 0.528. The summed E-state index contributed by atoms with van der Waals surface area (Å²) in [6, 6.07) is 11.3. The molecular formula is C19H16Cl2N2OS2. The van der Waals surface area contributed by atoms with E-state index in [0.717, 1.165) is 22.4 Å². The lowest BCUT2D eigenvalue weighted by Crippen LogP contribution is -2.33. The van der Waals surface area contributed by atoms with Crippen LogP contribution in [0.2, 0.25) is 10.0 Å². The summed E-state index contributed by atoms with van der Waals surface area (Å²) >= 11 is 18.6. The van der Waals surface area contributed by atoms with Crippen molar-refractivity contribution in [2.45, 2.75) is 13.8 Å². The van der Waals surface area contributed by atoms with Crippen molar-refractivity contribution in [2.24, 2.45) is 0 Å². The highest BCUT2D eigenvalue weighted by Gasteiger charge is 2.31. The maximum atomic E-state index is 12.7. The van der Waals surface area contributed by atoms with Crippen molar-refractivity contribution in [2.75, 3.05) is 12.0 Å².